The molecule has 0 spiro atoms. The van der Waals surface area contributed by atoms with Crippen molar-refractivity contribution >= 4 is 5.91 Å². The highest BCUT2D eigenvalue weighted by atomic mass is 16.5. The summed E-state index contributed by atoms with van der Waals surface area (Å²) >= 11 is 0. The lowest BCUT2D eigenvalue weighted by atomic mass is 9.74. The minimum atomic E-state index is -0.161. The molecule has 2 aliphatic rings. The maximum atomic E-state index is 13.8. The highest BCUT2D eigenvalue weighted by molar-refractivity contribution is 5.79. The van der Waals surface area contributed by atoms with E-state index in [0.29, 0.717) is 13.2 Å². The Bertz CT molecular complexity index is 1180. The molecular formula is C31H38N4O2. The van der Waals surface area contributed by atoms with E-state index in [1.54, 1.807) is 0 Å². The molecule has 0 aliphatic carbocycles. The molecule has 0 saturated carbocycles. The Morgan fingerprint density at radius 3 is 2.24 bits per heavy atom. The Hall–Kier alpha value is -3.19. The Balaban J connectivity index is 1.38. The predicted octanol–water partition coefficient (Wildman–Crippen LogP) is 4.71. The van der Waals surface area contributed by atoms with Crippen molar-refractivity contribution in [1.29, 1.82) is 0 Å². The maximum Gasteiger partial charge on any atom is 0.223 e. The summed E-state index contributed by atoms with van der Waals surface area (Å²) in [5.74, 6) is 0.883. The number of aryl methyl sites for hydroxylation is 2. The zero-order valence-electron chi connectivity index (χ0n) is 22.0. The normalized spacial score (nSPS) is 24.9. The second-order valence-corrected chi connectivity index (χ2v) is 10.2. The molecule has 2 heterocycles. The average Bonchev–Trinajstić information content (AvgIpc) is 3.37. The van der Waals surface area contributed by atoms with Crippen LogP contribution in [0.5, 0.6) is 5.75 Å². The van der Waals surface area contributed by atoms with Crippen molar-refractivity contribution < 1.29 is 9.53 Å². The number of carbonyl (C=O) groups excluding carboxylic acids is 1. The Kier molecular flexibility index (Phi) is 7.89. The smallest absolute Gasteiger partial charge is 0.223 e. The fourth-order valence-electron chi connectivity index (χ4n) is 5.65. The van der Waals surface area contributed by atoms with E-state index < -0.39 is 0 Å². The number of carbonyl (C=O) groups is 1. The first-order valence-corrected chi connectivity index (χ1v) is 13.5. The molecule has 3 aromatic carbocycles. The molecule has 2 fully saturated rings. The fraction of sp³-hybridized carbons (Fsp3) is 0.387. The van der Waals surface area contributed by atoms with Crippen LogP contribution >= 0.6 is 0 Å². The van der Waals surface area contributed by atoms with Gasteiger partial charge in [0.05, 0.1) is 18.8 Å². The van der Waals surface area contributed by atoms with Gasteiger partial charge in [0.25, 0.3) is 0 Å². The van der Waals surface area contributed by atoms with Crippen LogP contribution in [0.3, 0.4) is 0 Å². The van der Waals surface area contributed by atoms with Crippen molar-refractivity contribution in [3.63, 3.8) is 0 Å². The number of benzene rings is 3. The highest BCUT2D eigenvalue weighted by Gasteiger charge is 2.49. The molecule has 0 radical (unpaired) electrons. The SMILES string of the molecule is CCOc1ccc(C2CC(C(=O)NCc3ccc(C)cc3)C3C(NNC3c3ccc(CC)cc3)N2)cc1. The second-order valence-electron chi connectivity index (χ2n) is 10.2. The number of hydrogen-bond acceptors (Lipinski definition) is 5. The number of amides is 1. The van der Waals surface area contributed by atoms with Gasteiger partial charge >= 0.3 is 0 Å². The number of piperidine rings is 1. The predicted molar refractivity (Wildman–Crippen MR) is 147 cm³/mol. The minimum Gasteiger partial charge on any atom is -0.494 e. The van der Waals surface area contributed by atoms with E-state index in [9.17, 15) is 4.79 Å². The first-order valence-electron chi connectivity index (χ1n) is 13.5. The van der Waals surface area contributed by atoms with Crippen molar-refractivity contribution in [3.05, 3.63) is 101 Å². The van der Waals surface area contributed by atoms with Crippen molar-refractivity contribution in [2.45, 2.75) is 58.4 Å². The highest BCUT2D eigenvalue weighted by Crippen LogP contribution is 2.42. The van der Waals surface area contributed by atoms with Gasteiger partial charge in [-0.3, -0.25) is 10.1 Å². The molecule has 5 atom stereocenters. The summed E-state index contributed by atoms with van der Waals surface area (Å²) in [6, 6.07) is 25.4. The van der Waals surface area contributed by atoms with Crippen molar-refractivity contribution in [2.24, 2.45) is 11.8 Å². The van der Waals surface area contributed by atoms with Crippen molar-refractivity contribution in [2.75, 3.05) is 6.61 Å². The van der Waals surface area contributed by atoms with E-state index >= 15 is 0 Å². The molecule has 37 heavy (non-hydrogen) atoms. The third kappa shape index (κ3) is 5.72. The van der Waals surface area contributed by atoms with Gasteiger partial charge in [0.15, 0.2) is 0 Å². The van der Waals surface area contributed by atoms with Crippen LogP contribution in [0.15, 0.2) is 72.8 Å². The molecular weight excluding hydrogens is 460 g/mol. The minimum absolute atomic E-state index is 0.0312. The molecule has 2 aliphatic heterocycles. The molecule has 5 rings (SSSR count). The zero-order chi connectivity index (χ0) is 25.8. The Labute approximate surface area is 220 Å². The quantitative estimate of drug-likeness (QED) is 0.362. The van der Waals surface area contributed by atoms with Gasteiger partial charge in [0, 0.05) is 24.4 Å². The Morgan fingerprint density at radius 2 is 1.57 bits per heavy atom. The van der Waals surface area contributed by atoms with Crippen LogP contribution in [0.4, 0.5) is 0 Å². The second kappa shape index (κ2) is 11.5. The topological polar surface area (TPSA) is 74.4 Å². The lowest BCUT2D eigenvalue weighted by Gasteiger charge is -2.40. The Morgan fingerprint density at radius 1 is 0.892 bits per heavy atom. The number of ether oxygens (including phenoxy) is 1. The van der Waals surface area contributed by atoms with Gasteiger partial charge < -0.3 is 10.1 Å². The van der Waals surface area contributed by atoms with Gasteiger partial charge in [-0.25, -0.2) is 10.9 Å². The van der Waals surface area contributed by atoms with Crippen LogP contribution in [0.25, 0.3) is 0 Å². The van der Waals surface area contributed by atoms with Gasteiger partial charge in [-0.05, 0) is 61.1 Å². The lowest BCUT2D eigenvalue weighted by Crippen LogP contribution is -2.54. The summed E-state index contributed by atoms with van der Waals surface area (Å²) in [6.45, 7) is 7.41. The summed E-state index contributed by atoms with van der Waals surface area (Å²) in [7, 11) is 0. The van der Waals surface area contributed by atoms with Crippen LogP contribution in [0, 0.1) is 18.8 Å². The molecule has 3 aromatic rings. The fourth-order valence-corrected chi connectivity index (χ4v) is 5.65. The molecule has 5 unspecified atom stereocenters. The average molecular weight is 499 g/mol. The largest absolute Gasteiger partial charge is 0.494 e. The van der Waals surface area contributed by atoms with E-state index in [4.69, 9.17) is 4.74 Å². The third-order valence-electron chi connectivity index (χ3n) is 7.76. The number of hydrazine groups is 1. The molecule has 1 amide bonds. The monoisotopic (exact) mass is 498 g/mol. The summed E-state index contributed by atoms with van der Waals surface area (Å²) in [5, 5.41) is 7.02. The molecule has 2 saturated heterocycles. The maximum absolute atomic E-state index is 13.8. The van der Waals surface area contributed by atoms with Crippen LogP contribution in [0.2, 0.25) is 0 Å². The van der Waals surface area contributed by atoms with E-state index in [1.807, 2.05) is 19.1 Å². The van der Waals surface area contributed by atoms with Crippen LogP contribution in [-0.4, -0.2) is 18.7 Å². The number of hydrogen-bond donors (Lipinski definition) is 4. The van der Waals surface area contributed by atoms with Gasteiger partial charge in [0.2, 0.25) is 5.91 Å². The summed E-state index contributed by atoms with van der Waals surface area (Å²) in [5.41, 5.74) is 13.0. The van der Waals surface area contributed by atoms with Crippen LogP contribution < -0.4 is 26.2 Å². The van der Waals surface area contributed by atoms with E-state index in [1.165, 1.54) is 16.7 Å². The van der Waals surface area contributed by atoms with Gasteiger partial charge in [-0.2, -0.15) is 0 Å². The van der Waals surface area contributed by atoms with Gasteiger partial charge in [0.1, 0.15) is 5.75 Å². The van der Waals surface area contributed by atoms with Crippen molar-refractivity contribution in [3.8, 4) is 5.75 Å². The molecule has 4 N–H and O–H groups in total. The number of fused-ring (bicyclic) bond motifs is 1. The molecule has 194 valence electrons. The van der Waals surface area contributed by atoms with E-state index in [2.05, 4.69) is 96.0 Å². The standard InChI is InChI=1S/C31H38N4O2/c1-4-21-10-12-24(13-11-21)29-28-26(31(36)32-19-22-8-6-20(3)7-9-22)18-27(33-30(28)35-34-29)23-14-16-25(17-15-23)37-5-2/h6-17,26-30,33-35H,4-5,18-19H2,1-3H3,(H,32,36). The molecule has 0 aromatic heterocycles. The van der Waals surface area contributed by atoms with Crippen LogP contribution in [0.1, 0.15) is 60.2 Å². The summed E-state index contributed by atoms with van der Waals surface area (Å²) in [4.78, 5) is 13.8. The summed E-state index contributed by atoms with van der Waals surface area (Å²) in [6.07, 6.45) is 1.70. The van der Waals surface area contributed by atoms with Crippen LogP contribution in [-0.2, 0) is 17.8 Å². The molecule has 0 bridgehead atoms. The lowest BCUT2D eigenvalue weighted by molar-refractivity contribution is -0.129. The first-order chi connectivity index (χ1) is 18.1. The third-order valence-corrected chi connectivity index (χ3v) is 7.76. The van der Waals surface area contributed by atoms with Gasteiger partial charge in [-0.15, -0.1) is 0 Å². The van der Waals surface area contributed by atoms with Gasteiger partial charge in [-0.1, -0.05) is 73.2 Å². The van der Waals surface area contributed by atoms with Crippen molar-refractivity contribution in [1.82, 2.24) is 21.5 Å². The molecule has 6 heteroatoms. The first kappa shape index (κ1) is 25.5. The number of nitrogens with one attached hydrogen (secondary N) is 4. The summed E-state index contributed by atoms with van der Waals surface area (Å²) < 4.78 is 5.63. The molecule has 6 nitrogen and oxygen atoms in total. The van der Waals surface area contributed by atoms with E-state index in [-0.39, 0.29) is 36.0 Å². The number of rotatable bonds is 8. The zero-order valence-corrected chi connectivity index (χ0v) is 22.0. The van der Waals surface area contributed by atoms with E-state index in [0.717, 1.165) is 29.7 Å².